The number of carbonyl (C=O) groups is 1. The molecule has 0 bridgehead atoms. The zero-order valence-corrected chi connectivity index (χ0v) is 14.4. The van der Waals surface area contributed by atoms with Crippen LogP contribution in [0, 0.1) is 0 Å². The number of aliphatic hydroxyl groups excluding tert-OH is 3. The third-order valence-corrected chi connectivity index (χ3v) is 3.94. The second kappa shape index (κ2) is 14.7. The SMILES string of the molecule is CCCCC/C=C/C(O)C(O)C(O)CCCCCCCC(=O)O. The van der Waals surface area contributed by atoms with Gasteiger partial charge >= 0.3 is 5.97 Å². The molecule has 0 rings (SSSR count). The molecular weight excluding hydrogens is 296 g/mol. The average molecular weight is 330 g/mol. The summed E-state index contributed by atoms with van der Waals surface area (Å²) in [5, 5.41) is 38.1. The van der Waals surface area contributed by atoms with Crippen LogP contribution in [0.4, 0.5) is 0 Å². The average Bonchev–Trinajstić information content (AvgIpc) is 2.52. The lowest BCUT2D eigenvalue weighted by Crippen LogP contribution is -2.36. The third-order valence-electron chi connectivity index (χ3n) is 3.94. The van der Waals surface area contributed by atoms with Crippen LogP contribution in [0.3, 0.4) is 0 Å². The van der Waals surface area contributed by atoms with Crippen LogP contribution in [0.5, 0.6) is 0 Å². The van der Waals surface area contributed by atoms with Crippen LogP contribution in [-0.4, -0.2) is 44.7 Å². The molecule has 0 aromatic carbocycles. The molecule has 4 N–H and O–H groups in total. The molecule has 23 heavy (non-hydrogen) atoms. The van der Waals surface area contributed by atoms with Crippen molar-refractivity contribution in [2.45, 2.75) is 95.9 Å². The van der Waals surface area contributed by atoms with Crippen LogP contribution in [0.1, 0.15) is 77.6 Å². The maximum absolute atomic E-state index is 10.4. The molecule has 0 radical (unpaired) electrons. The molecule has 0 aromatic rings. The molecule has 3 atom stereocenters. The zero-order valence-electron chi connectivity index (χ0n) is 14.4. The highest BCUT2D eigenvalue weighted by Gasteiger charge is 2.21. The fraction of sp³-hybridized carbons (Fsp3) is 0.833. The first-order valence-corrected chi connectivity index (χ1v) is 8.91. The Hall–Kier alpha value is -0.910. The van der Waals surface area contributed by atoms with E-state index in [4.69, 9.17) is 5.11 Å². The van der Waals surface area contributed by atoms with E-state index in [0.717, 1.165) is 51.4 Å². The number of aliphatic hydroxyl groups is 3. The topological polar surface area (TPSA) is 98.0 Å². The van der Waals surface area contributed by atoms with Crippen LogP contribution < -0.4 is 0 Å². The Bertz CT molecular complexity index is 317. The number of carboxylic acid groups (broad SMARTS) is 1. The largest absolute Gasteiger partial charge is 0.481 e. The second-order valence-electron chi connectivity index (χ2n) is 6.17. The first-order chi connectivity index (χ1) is 11.0. The molecular formula is C18H34O5. The summed E-state index contributed by atoms with van der Waals surface area (Å²) in [6, 6.07) is 0. The first-order valence-electron chi connectivity index (χ1n) is 8.91. The molecule has 5 heteroatoms. The molecule has 0 amide bonds. The summed E-state index contributed by atoms with van der Waals surface area (Å²) < 4.78 is 0. The number of hydrogen-bond acceptors (Lipinski definition) is 4. The van der Waals surface area contributed by atoms with Gasteiger partial charge in [0.2, 0.25) is 0 Å². The van der Waals surface area contributed by atoms with Crippen LogP contribution in [-0.2, 0) is 4.79 Å². The normalized spacial score (nSPS) is 15.7. The molecule has 0 saturated heterocycles. The summed E-state index contributed by atoms with van der Waals surface area (Å²) in [6.07, 6.45) is 9.36. The summed E-state index contributed by atoms with van der Waals surface area (Å²) in [6.45, 7) is 2.13. The van der Waals surface area contributed by atoms with Crippen molar-refractivity contribution in [1.82, 2.24) is 0 Å². The van der Waals surface area contributed by atoms with Crippen molar-refractivity contribution >= 4 is 5.97 Å². The second-order valence-corrected chi connectivity index (χ2v) is 6.17. The lowest BCUT2D eigenvalue weighted by atomic mass is 10.0. The van der Waals surface area contributed by atoms with Crippen molar-refractivity contribution in [2.24, 2.45) is 0 Å². The lowest BCUT2D eigenvalue weighted by molar-refractivity contribution is -0.137. The molecule has 0 fully saturated rings. The summed E-state index contributed by atoms with van der Waals surface area (Å²) in [5.41, 5.74) is 0. The van der Waals surface area contributed by atoms with Crippen LogP contribution >= 0.6 is 0 Å². The highest BCUT2D eigenvalue weighted by atomic mass is 16.4. The lowest BCUT2D eigenvalue weighted by Gasteiger charge is -2.20. The number of carboxylic acids is 1. The van der Waals surface area contributed by atoms with Crippen molar-refractivity contribution in [1.29, 1.82) is 0 Å². The van der Waals surface area contributed by atoms with Crippen molar-refractivity contribution in [3.63, 3.8) is 0 Å². The quantitative estimate of drug-likeness (QED) is 0.273. The van der Waals surface area contributed by atoms with Gasteiger partial charge in [0.25, 0.3) is 0 Å². The zero-order chi connectivity index (χ0) is 17.5. The predicted molar refractivity (Wildman–Crippen MR) is 91.3 cm³/mol. The summed E-state index contributed by atoms with van der Waals surface area (Å²) in [4.78, 5) is 10.4. The molecule has 0 aromatic heterocycles. The molecule has 136 valence electrons. The highest BCUT2D eigenvalue weighted by molar-refractivity contribution is 5.66. The minimum atomic E-state index is -1.15. The fourth-order valence-corrected chi connectivity index (χ4v) is 2.42. The van der Waals surface area contributed by atoms with E-state index in [0.29, 0.717) is 12.8 Å². The molecule has 3 unspecified atom stereocenters. The third kappa shape index (κ3) is 13.2. The van der Waals surface area contributed by atoms with Gasteiger partial charge in [0.15, 0.2) is 0 Å². The van der Waals surface area contributed by atoms with E-state index in [-0.39, 0.29) is 6.42 Å². The monoisotopic (exact) mass is 330 g/mol. The van der Waals surface area contributed by atoms with Gasteiger partial charge in [-0.2, -0.15) is 0 Å². The summed E-state index contributed by atoms with van der Waals surface area (Å²) in [7, 11) is 0. The Morgan fingerprint density at radius 3 is 2.26 bits per heavy atom. The molecule has 0 aliphatic carbocycles. The Balaban J connectivity index is 3.71. The predicted octanol–water partition coefficient (Wildman–Crippen LogP) is 3.02. The van der Waals surface area contributed by atoms with Gasteiger partial charge in [-0.15, -0.1) is 0 Å². The van der Waals surface area contributed by atoms with Gasteiger partial charge in [-0.25, -0.2) is 0 Å². The Morgan fingerprint density at radius 1 is 0.957 bits per heavy atom. The van der Waals surface area contributed by atoms with E-state index in [1.165, 1.54) is 0 Å². The van der Waals surface area contributed by atoms with Gasteiger partial charge in [-0.05, 0) is 25.7 Å². The smallest absolute Gasteiger partial charge is 0.303 e. The van der Waals surface area contributed by atoms with Crippen LogP contribution in [0.25, 0.3) is 0 Å². The molecule has 0 aliphatic heterocycles. The van der Waals surface area contributed by atoms with Crippen LogP contribution in [0.15, 0.2) is 12.2 Å². The number of hydrogen-bond donors (Lipinski definition) is 4. The number of aliphatic carboxylic acids is 1. The van der Waals surface area contributed by atoms with Gasteiger partial charge in [0.05, 0.1) is 6.10 Å². The van der Waals surface area contributed by atoms with Crippen molar-refractivity contribution in [2.75, 3.05) is 0 Å². The maximum Gasteiger partial charge on any atom is 0.303 e. The maximum atomic E-state index is 10.4. The molecule has 0 saturated carbocycles. The van der Waals surface area contributed by atoms with Gasteiger partial charge in [-0.1, -0.05) is 57.6 Å². The van der Waals surface area contributed by atoms with Crippen molar-refractivity contribution in [3.05, 3.63) is 12.2 Å². The van der Waals surface area contributed by atoms with E-state index in [9.17, 15) is 20.1 Å². The minimum Gasteiger partial charge on any atom is -0.481 e. The van der Waals surface area contributed by atoms with Gasteiger partial charge in [0, 0.05) is 6.42 Å². The van der Waals surface area contributed by atoms with E-state index in [2.05, 4.69) is 6.92 Å². The van der Waals surface area contributed by atoms with Crippen molar-refractivity contribution in [3.8, 4) is 0 Å². The minimum absolute atomic E-state index is 0.206. The van der Waals surface area contributed by atoms with Gasteiger partial charge in [-0.3, -0.25) is 4.79 Å². The first kappa shape index (κ1) is 22.1. The number of allylic oxidation sites excluding steroid dienone is 1. The molecule has 0 aliphatic rings. The summed E-state index contributed by atoms with van der Waals surface area (Å²) >= 11 is 0. The fourth-order valence-electron chi connectivity index (χ4n) is 2.42. The van der Waals surface area contributed by atoms with E-state index >= 15 is 0 Å². The van der Waals surface area contributed by atoms with E-state index < -0.39 is 24.3 Å². The summed E-state index contributed by atoms with van der Waals surface area (Å²) in [5.74, 6) is -0.764. The number of unbranched alkanes of at least 4 members (excludes halogenated alkanes) is 7. The highest BCUT2D eigenvalue weighted by Crippen LogP contribution is 2.13. The van der Waals surface area contributed by atoms with Crippen LogP contribution in [0.2, 0.25) is 0 Å². The van der Waals surface area contributed by atoms with Gasteiger partial charge < -0.3 is 20.4 Å². The standard InChI is InChI=1S/C18H34O5/c1-2-3-4-6-9-12-15(19)18(23)16(20)13-10-7-5-8-11-14-17(21)22/h9,12,15-16,18-20,23H,2-8,10-11,13-14H2,1H3,(H,21,22)/b12-9+. The molecule has 5 nitrogen and oxygen atoms in total. The van der Waals surface area contributed by atoms with E-state index in [1.54, 1.807) is 6.08 Å². The van der Waals surface area contributed by atoms with Crippen molar-refractivity contribution < 1.29 is 25.2 Å². The molecule has 0 spiro atoms. The van der Waals surface area contributed by atoms with Gasteiger partial charge in [0.1, 0.15) is 12.2 Å². The van der Waals surface area contributed by atoms with E-state index in [1.807, 2.05) is 6.08 Å². The molecule has 0 heterocycles. The Morgan fingerprint density at radius 2 is 1.61 bits per heavy atom. The Kier molecular flexibility index (Phi) is 14.1. The number of rotatable bonds is 15. The Labute approximate surface area is 140 Å².